The minimum atomic E-state index is -0.264. The van der Waals surface area contributed by atoms with Gasteiger partial charge >= 0.3 is 5.97 Å². The Kier molecular flexibility index (Phi) is 8.88. The first-order valence-electron chi connectivity index (χ1n) is 8.04. The number of carbonyl (C=O) groups excluding carboxylic acids is 2. The lowest BCUT2D eigenvalue weighted by atomic mass is 10.1. The second-order valence-corrected chi connectivity index (χ2v) is 5.15. The number of carbonyl (C=O) groups is 2. The highest BCUT2D eigenvalue weighted by Crippen LogP contribution is 2.08. The molecule has 22 heavy (non-hydrogen) atoms. The first-order valence-corrected chi connectivity index (χ1v) is 8.04. The predicted molar refractivity (Wildman–Crippen MR) is 85.5 cm³/mol. The van der Waals surface area contributed by atoms with E-state index in [4.69, 9.17) is 4.74 Å². The van der Waals surface area contributed by atoms with Crippen LogP contribution in [0, 0.1) is 0 Å². The SMILES string of the molecule is CCCCCCN(CCC(=O)OCC)C(=O)c1cccnc1. The molecule has 0 aliphatic rings. The summed E-state index contributed by atoms with van der Waals surface area (Å²) in [5.74, 6) is -0.339. The molecule has 0 atom stereocenters. The van der Waals surface area contributed by atoms with Gasteiger partial charge in [0.25, 0.3) is 5.91 Å². The quantitative estimate of drug-likeness (QED) is 0.492. The van der Waals surface area contributed by atoms with Crippen LogP contribution in [-0.4, -0.2) is 41.5 Å². The minimum Gasteiger partial charge on any atom is -0.466 e. The zero-order valence-corrected chi connectivity index (χ0v) is 13.6. The Labute approximate surface area is 132 Å². The van der Waals surface area contributed by atoms with E-state index < -0.39 is 0 Å². The number of pyridine rings is 1. The number of hydrogen-bond acceptors (Lipinski definition) is 4. The molecule has 122 valence electrons. The van der Waals surface area contributed by atoms with Gasteiger partial charge in [-0.15, -0.1) is 0 Å². The van der Waals surface area contributed by atoms with Gasteiger partial charge in [0.1, 0.15) is 0 Å². The molecule has 0 saturated carbocycles. The molecule has 5 nitrogen and oxygen atoms in total. The Balaban J connectivity index is 2.60. The minimum absolute atomic E-state index is 0.0751. The second kappa shape index (κ2) is 10.8. The van der Waals surface area contributed by atoms with Crippen LogP contribution in [0.1, 0.15) is 56.3 Å². The Bertz CT molecular complexity index is 448. The molecular formula is C17H26N2O3. The van der Waals surface area contributed by atoms with Crippen molar-refractivity contribution < 1.29 is 14.3 Å². The summed E-state index contributed by atoms with van der Waals surface area (Å²) in [6.45, 7) is 5.35. The molecule has 0 aliphatic heterocycles. The highest BCUT2D eigenvalue weighted by atomic mass is 16.5. The number of rotatable bonds is 10. The van der Waals surface area contributed by atoms with Gasteiger partial charge in [-0.1, -0.05) is 26.2 Å². The van der Waals surface area contributed by atoms with Gasteiger partial charge in [-0.25, -0.2) is 0 Å². The number of hydrogen-bond donors (Lipinski definition) is 0. The van der Waals surface area contributed by atoms with Crippen molar-refractivity contribution in [2.75, 3.05) is 19.7 Å². The summed E-state index contributed by atoms with van der Waals surface area (Å²) < 4.78 is 4.93. The molecule has 1 heterocycles. The van der Waals surface area contributed by atoms with Gasteiger partial charge in [0, 0.05) is 25.5 Å². The molecule has 0 aliphatic carbocycles. The number of nitrogens with zero attached hydrogens (tertiary/aromatic N) is 2. The highest BCUT2D eigenvalue weighted by Gasteiger charge is 2.17. The maximum absolute atomic E-state index is 12.5. The summed E-state index contributed by atoms with van der Waals surface area (Å²) in [6, 6.07) is 3.49. The summed E-state index contributed by atoms with van der Waals surface area (Å²) in [5, 5.41) is 0. The predicted octanol–water partition coefficient (Wildman–Crippen LogP) is 3.06. The zero-order chi connectivity index (χ0) is 16.2. The molecule has 1 aromatic heterocycles. The van der Waals surface area contributed by atoms with E-state index in [9.17, 15) is 9.59 Å². The topological polar surface area (TPSA) is 59.5 Å². The van der Waals surface area contributed by atoms with E-state index in [-0.39, 0.29) is 18.3 Å². The maximum atomic E-state index is 12.5. The van der Waals surface area contributed by atoms with Crippen LogP contribution in [0.5, 0.6) is 0 Å². The van der Waals surface area contributed by atoms with Crippen LogP contribution < -0.4 is 0 Å². The summed E-state index contributed by atoms with van der Waals surface area (Å²) in [7, 11) is 0. The van der Waals surface area contributed by atoms with Gasteiger partial charge < -0.3 is 9.64 Å². The van der Waals surface area contributed by atoms with Crippen molar-refractivity contribution in [2.45, 2.75) is 46.0 Å². The van der Waals surface area contributed by atoms with E-state index in [1.54, 1.807) is 36.4 Å². The van der Waals surface area contributed by atoms with E-state index in [0.717, 1.165) is 25.7 Å². The van der Waals surface area contributed by atoms with Gasteiger partial charge in [0.05, 0.1) is 18.6 Å². The normalized spacial score (nSPS) is 10.3. The van der Waals surface area contributed by atoms with Crippen molar-refractivity contribution in [2.24, 2.45) is 0 Å². The van der Waals surface area contributed by atoms with Crippen LogP contribution in [-0.2, 0) is 9.53 Å². The van der Waals surface area contributed by atoms with Crippen molar-refractivity contribution in [1.82, 2.24) is 9.88 Å². The molecule has 0 saturated heterocycles. The Hall–Kier alpha value is -1.91. The average molecular weight is 306 g/mol. The van der Waals surface area contributed by atoms with Crippen LogP contribution in [0.2, 0.25) is 0 Å². The van der Waals surface area contributed by atoms with Gasteiger partial charge in [-0.2, -0.15) is 0 Å². The highest BCUT2D eigenvalue weighted by molar-refractivity contribution is 5.94. The molecule has 0 unspecified atom stereocenters. The largest absolute Gasteiger partial charge is 0.466 e. The molecule has 0 spiro atoms. The van der Waals surface area contributed by atoms with Gasteiger partial charge in [0.15, 0.2) is 0 Å². The Morgan fingerprint density at radius 2 is 2.00 bits per heavy atom. The lowest BCUT2D eigenvalue weighted by molar-refractivity contribution is -0.143. The molecular weight excluding hydrogens is 280 g/mol. The van der Waals surface area contributed by atoms with E-state index in [1.165, 1.54) is 0 Å². The van der Waals surface area contributed by atoms with Crippen molar-refractivity contribution >= 4 is 11.9 Å². The number of unbranched alkanes of at least 4 members (excludes halogenated alkanes) is 3. The fourth-order valence-electron chi connectivity index (χ4n) is 2.18. The summed E-state index contributed by atoms with van der Waals surface area (Å²) >= 11 is 0. The summed E-state index contributed by atoms with van der Waals surface area (Å²) in [6.07, 6.45) is 7.78. The molecule has 1 rings (SSSR count). The van der Waals surface area contributed by atoms with Gasteiger partial charge in [-0.3, -0.25) is 14.6 Å². The summed E-state index contributed by atoms with van der Waals surface area (Å²) in [5.41, 5.74) is 0.557. The van der Waals surface area contributed by atoms with Crippen LogP contribution in [0.4, 0.5) is 0 Å². The third-order valence-electron chi connectivity index (χ3n) is 3.37. The first-order chi connectivity index (χ1) is 10.7. The molecule has 1 amide bonds. The molecule has 0 bridgehead atoms. The van der Waals surface area contributed by atoms with Crippen molar-refractivity contribution in [3.8, 4) is 0 Å². The fraction of sp³-hybridized carbons (Fsp3) is 0.588. The third-order valence-corrected chi connectivity index (χ3v) is 3.37. The lowest BCUT2D eigenvalue weighted by Gasteiger charge is -2.22. The number of aromatic nitrogens is 1. The molecule has 1 aromatic rings. The number of esters is 1. The smallest absolute Gasteiger partial charge is 0.307 e. The standard InChI is InChI=1S/C17H26N2O3/c1-3-5-6-7-12-19(13-10-16(20)22-4-2)17(21)15-9-8-11-18-14-15/h8-9,11,14H,3-7,10,12-13H2,1-2H3. The second-order valence-electron chi connectivity index (χ2n) is 5.15. The summed E-state index contributed by atoms with van der Waals surface area (Å²) in [4.78, 5) is 29.7. The zero-order valence-electron chi connectivity index (χ0n) is 13.6. The Morgan fingerprint density at radius 3 is 2.64 bits per heavy atom. The molecule has 0 aromatic carbocycles. The van der Waals surface area contributed by atoms with Crippen LogP contribution >= 0.6 is 0 Å². The number of ether oxygens (including phenoxy) is 1. The lowest BCUT2D eigenvalue weighted by Crippen LogP contribution is -2.34. The van der Waals surface area contributed by atoms with Crippen LogP contribution in [0.15, 0.2) is 24.5 Å². The van der Waals surface area contributed by atoms with Crippen molar-refractivity contribution in [3.05, 3.63) is 30.1 Å². The van der Waals surface area contributed by atoms with Crippen LogP contribution in [0.3, 0.4) is 0 Å². The third kappa shape index (κ3) is 6.70. The molecule has 5 heteroatoms. The van der Waals surface area contributed by atoms with E-state index >= 15 is 0 Å². The fourth-order valence-corrected chi connectivity index (χ4v) is 2.18. The van der Waals surface area contributed by atoms with E-state index in [2.05, 4.69) is 11.9 Å². The van der Waals surface area contributed by atoms with Gasteiger partial charge in [0.2, 0.25) is 0 Å². The maximum Gasteiger partial charge on any atom is 0.307 e. The first kappa shape index (κ1) is 18.1. The molecule has 0 N–H and O–H groups in total. The number of amides is 1. The van der Waals surface area contributed by atoms with E-state index in [0.29, 0.717) is 25.3 Å². The average Bonchev–Trinajstić information content (AvgIpc) is 2.54. The van der Waals surface area contributed by atoms with Crippen molar-refractivity contribution in [3.63, 3.8) is 0 Å². The monoisotopic (exact) mass is 306 g/mol. The van der Waals surface area contributed by atoms with E-state index in [1.807, 2.05) is 0 Å². The van der Waals surface area contributed by atoms with Gasteiger partial charge in [-0.05, 0) is 25.5 Å². The van der Waals surface area contributed by atoms with Crippen LogP contribution in [0.25, 0.3) is 0 Å². The molecule has 0 radical (unpaired) electrons. The molecule has 0 fully saturated rings. The van der Waals surface area contributed by atoms with Crippen molar-refractivity contribution in [1.29, 1.82) is 0 Å². The Morgan fingerprint density at radius 1 is 1.18 bits per heavy atom.